The predicted octanol–water partition coefficient (Wildman–Crippen LogP) is 1.74. The third-order valence-electron chi connectivity index (χ3n) is 1.15. The summed E-state index contributed by atoms with van der Waals surface area (Å²) in [4.78, 5) is 0. The van der Waals surface area contributed by atoms with Crippen LogP contribution < -0.4 is 5.73 Å². The van der Waals surface area contributed by atoms with Crippen molar-refractivity contribution in [1.29, 1.82) is 0 Å². The second-order valence-electron chi connectivity index (χ2n) is 1.86. The molecule has 0 aliphatic rings. The molecular weight excluding hydrogens is 153 g/mol. The molecule has 0 aromatic heterocycles. The smallest absolute Gasteiger partial charge is 0.124 e. The Bertz CT molecular complexity index is 237. The average Bonchev–Trinajstić information content (AvgIpc) is 1.94. The topological polar surface area (TPSA) is 26.0 Å². The summed E-state index contributed by atoms with van der Waals surface area (Å²) in [6.45, 7) is 0.243. The maximum Gasteiger partial charge on any atom is 0.124 e. The van der Waals surface area contributed by atoms with Crippen molar-refractivity contribution in [2.24, 2.45) is 5.73 Å². The molecule has 1 radical (unpaired) electrons. The van der Waals surface area contributed by atoms with Crippen LogP contribution in [0.1, 0.15) is 5.56 Å². The van der Waals surface area contributed by atoms with Gasteiger partial charge in [-0.15, -0.1) is 0 Å². The maximum absolute atomic E-state index is 12.4. The van der Waals surface area contributed by atoms with Gasteiger partial charge in [0, 0.05) is 12.6 Å². The zero-order valence-electron chi connectivity index (χ0n) is 5.20. The fourth-order valence-electron chi connectivity index (χ4n) is 0.645. The minimum atomic E-state index is -0.357. The van der Waals surface area contributed by atoms with E-state index in [4.69, 9.17) is 17.3 Å². The Hall–Kier alpha value is -0.600. The Labute approximate surface area is 63.6 Å². The van der Waals surface area contributed by atoms with Crippen molar-refractivity contribution in [3.05, 3.63) is 34.6 Å². The summed E-state index contributed by atoms with van der Waals surface area (Å²) in [5.74, 6) is -0.357. The highest BCUT2D eigenvalue weighted by molar-refractivity contribution is 6.31. The molecule has 1 aromatic rings. The average molecular weight is 159 g/mol. The third kappa shape index (κ3) is 1.46. The Kier molecular flexibility index (Phi) is 2.25. The van der Waals surface area contributed by atoms with E-state index in [1.165, 1.54) is 12.1 Å². The van der Waals surface area contributed by atoms with Crippen LogP contribution in [-0.2, 0) is 6.54 Å². The van der Waals surface area contributed by atoms with Gasteiger partial charge in [-0.1, -0.05) is 11.6 Å². The molecule has 0 spiro atoms. The molecular formula is C7H6ClFN. The lowest BCUT2D eigenvalue weighted by Gasteiger charge is -1.97. The Morgan fingerprint density at radius 1 is 1.70 bits per heavy atom. The molecule has 0 saturated heterocycles. The highest BCUT2D eigenvalue weighted by atomic mass is 35.5. The van der Waals surface area contributed by atoms with Crippen LogP contribution in [0, 0.1) is 11.9 Å². The van der Waals surface area contributed by atoms with E-state index in [0.29, 0.717) is 10.6 Å². The molecule has 0 aliphatic carbocycles. The zero-order valence-corrected chi connectivity index (χ0v) is 5.95. The quantitative estimate of drug-likeness (QED) is 0.662. The van der Waals surface area contributed by atoms with E-state index >= 15 is 0 Å². The molecule has 1 rings (SSSR count). The monoisotopic (exact) mass is 158 g/mol. The second-order valence-corrected chi connectivity index (χ2v) is 2.24. The molecule has 53 valence electrons. The molecule has 0 bridgehead atoms. The number of rotatable bonds is 1. The van der Waals surface area contributed by atoms with Crippen molar-refractivity contribution in [3.8, 4) is 0 Å². The summed E-state index contributed by atoms with van der Waals surface area (Å²) in [5.41, 5.74) is 5.83. The van der Waals surface area contributed by atoms with Crippen molar-refractivity contribution in [3.63, 3.8) is 0 Å². The number of hydrogen-bond donors (Lipinski definition) is 1. The summed E-state index contributed by atoms with van der Waals surface area (Å²) in [7, 11) is 0. The Morgan fingerprint density at radius 2 is 2.40 bits per heavy atom. The summed E-state index contributed by atoms with van der Waals surface area (Å²) >= 11 is 5.59. The van der Waals surface area contributed by atoms with E-state index in [2.05, 4.69) is 6.07 Å². The number of benzene rings is 1. The van der Waals surface area contributed by atoms with Gasteiger partial charge in [0.25, 0.3) is 0 Å². The van der Waals surface area contributed by atoms with Gasteiger partial charge in [0.15, 0.2) is 0 Å². The summed E-state index contributed by atoms with van der Waals surface area (Å²) in [6, 6.07) is 5.02. The van der Waals surface area contributed by atoms with Gasteiger partial charge >= 0.3 is 0 Å². The highest BCUT2D eigenvalue weighted by Crippen LogP contribution is 2.14. The molecule has 2 N–H and O–H groups in total. The fraction of sp³-hybridized carbons (Fsp3) is 0.143. The lowest BCUT2D eigenvalue weighted by Crippen LogP contribution is -1.97. The Balaban J connectivity index is 3.09. The van der Waals surface area contributed by atoms with E-state index in [1.807, 2.05) is 0 Å². The molecule has 3 heteroatoms. The molecule has 0 fully saturated rings. The van der Waals surface area contributed by atoms with Crippen LogP contribution in [0.2, 0.25) is 5.02 Å². The van der Waals surface area contributed by atoms with Crippen molar-refractivity contribution in [2.75, 3.05) is 0 Å². The lowest BCUT2D eigenvalue weighted by atomic mass is 10.2. The van der Waals surface area contributed by atoms with Crippen molar-refractivity contribution in [2.45, 2.75) is 6.54 Å². The molecule has 1 aromatic carbocycles. The van der Waals surface area contributed by atoms with Gasteiger partial charge in [-0.3, -0.25) is 0 Å². The normalized spacial score (nSPS) is 9.90. The van der Waals surface area contributed by atoms with Gasteiger partial charge in [-0.25, -0.2) is 4.39 Å². The van der Waals surface area contributed by atoms with Gasteiger partial charge in [-0.05, 0) is 17.7 Å². The van der Waals surface area contributed by atoms with Crippen LogP contribution in [0.4, 0.5) is 4.39 Å². The zero-order chi connectivity index (χ0) is 7.56. The van der Waals surface area contributed by atoms with Gasteiger partial charge in [0.2, 0.25) is 0 Å². The van der Waals surface area contributed by atoms with Gasteiger partial charge in [0.05, 0.1) is 5.02 Å². The number of nitrogens with two attached hydrogens (primary N) is 1. The van der Waals surface area contributed by atoms with Crippen LogP contribution in [-0.4, -0.2) is 0 Å². The molecule has 0 aliphatic heterocycles. The summed E-state index contributed by atoms with van der Waals surface area (Å²) in [6.07, 6.45) is 0. The van der Waals surface area contributed by atoms with Crippen LogP contribution in [0.25, 0.3) is 0 Å². The highest BCUT2D eigenvalue weighted by Gasteiger charge is 1.98. The van der Waals surface area contributed by atoms with Crippen LogP contribution in [0.3, 0.4) is 0 Å². The van der Waals surface area contributed by atoms with Crippen LogP contribution >= 0.6 is 11.6 Å². The largest absolute Gasteiger partial charge is 0.326 e. The van der Waals surface area contributed by atoms with Crippen molar-refractivity contribution >= 4 is 11.6 Å². The van der Waals surface area contributed by atoms with E-state index < -0.39 is 0 Å². The van der Waals surface area contributed by atoms with Crippen LogP contribution in [0.5, 0.6) is 0 Å². The lowest BCUT2D eigenvalue weighted by molar-refractivity contribution is 0.625. The van der Waals surface area contributed by atoms with E-state index in [9.17, 15) is 4.39 Å². The first kappa shape index (κ1) is 7.51. The summed E-state index contributed by atoms with van der Waals surface area (Å²) < 4.78 is 12.4. The van der Waals surface area contributed by atoms with Crippen LogP contribution in [0.15, 0.2) is 12.1 Å². The molecule has 10 heavy (non-hydrogen) atoms. The van der Waals surface area contributed by atoms with E-state index in [1.54, 1.807) is 0 Å². The second kappa shape index (κ2) is 2.99. The molecule has 0 heterocycles. The Morgan fingerprint density at radius 3 is 2.90 bits per heavy atom. The minimum Gasteiger partial charge on any atom is -0.326 e. The molecule has 0 saturated carbocycles. The van der Waals surface area contributed by atoms with Gasteiger partial charge in [0.1, 0.15) is 5.82 Å². The first-order chi connectivity index (χ1) is 4.74. The molecule has 0 unspecified atom stereocenters. The molecule has 0 atom stereocenters. The van der Waals surface area contributed by atoms with Crippen molar-refractivity contribution < 1.29 is 4.39 Å². The van der Waals surface area contributed by atoms with Crippen molar-refractivity contribution in [1.82, 2.24) is 0 Å². The van der Waals surface area contributed by atoms with E-state index in [0.717, 1.165) is 0 Å². The number of hydrogen-bond acceptors (Lipinski definition) is 1. The number of halogens is 2. The maximum atomic E-state index is 12.4. The first-order valence-electron chi connectivity index (χ1n) is 2.79. The molecule has 0 amide bonds. The van der Waals surface area contributed by atoms with Gasteiger partial charge < -0.3 is 5.73 Å². The first-order valence-corrected chi connectivity index (χ1v) is 3.17. The third-order valence-corrected chi connectivity index (χ3v) is 1.50. The fourth-order valence-corrected chi connectivity index (χ4v) is 0.831. The minimum absolute atomic E-state index is 0.243. The van der Waals surface area contributed by atoms with Gasteiger partial charge in [-0.2, -0.15) is 0 Å². The molecule has 1 nitrogen and oxygen atoms in total. The summed E-state index contributed by atoms with van der Waals surface area (Å²) in [5, 5.41) is 0.393. The SMILES string of the molecule is NCc1cc(F)c[c]c1Cl. The predicted molar refractivity (Wildman–Crippen MR) is 38.1 cm³/mol. The van der Waals surface area contributed by atoms with E-state index in [-0.39, 0.29) is 12.4 Å². The standard InChI is InChI=1S/C7H6ClFN/c8-7-2-1-6(9)3-5(7)4-10/h1,3H,4,10H2.